The summed E-state index contributed by atoms with van der Waals surface area (Å²) in [7, 11) is -3.24. The summed E-state index contributed by atoms with van der Waals surface area (Å²) in [6.07, 6.45) is 3.11. The molecule has 0 spiro atoms. The normalized spacial score (nSPS) is 19.7. The lowest BCUT2D eigenvalue weighted by Crippen LogP contribution is -2.28. The standard InChI is InChI=1S/C14H21NO3S/c1-12-4-6-13(7-5-12)11-19(16,17)15-9-8-14-3-2-10-18-14/h4-7,14-15H,2-3,8-11H2,1H3. The molecule has 19 heavy (non-hydrogen) atoms. The van der Waals surface area contributed by atoms with E-state index in [1.165, 1.54) is 0 Å². The molecule has 0 amide bonds. The first-order valence-corrected chi connectivity index (χ1v) is 8.35. The van der Waals surface area contributed by atoms with Gasteiger partial charge < -0.3 is 4.74 Å². The van der Waals surface area contributed by atoms with Gasteiger partial charge in [-0.25, -0.2) is 13.1 Å². The number of sulfonamides is 1. The fourth-order valence-corrected chi connectivity index (χ4v) is 3.36. The average Bonchev–Trinajstić information content (AvgIpc) is 2.85. The van der Waals surface area contributed by atoms with Gasteiger partial charge in [-0.1, -0.05) is 29.8 Å². The molecule has 2 rings (SSSR count). The van der Waals surface area contributed by atoms with Crippen LogP contribution in [0.15, 0.2) is 24.3 Å². The van der Waals surface area contributed by atoms with E-state index in [0.717, 1.165) is 37.0 Å². The zero-order valence-electron chi connectivity index (χ0n) is 11.3. The molecular formula is C14H21NO3S. The minimum Gasteiger partial charge on any atom is -0.378 e. The van der Waals surface area contributed by atoms with E-state index < -0.39 is 10.0 Å². The summed E-state index contributed by atoms with van der Waals surface area (Å²) in [5, 5.41) is 0. The summed E-state index contributed by atoms with van der Waals surface area (Å²) >= 11 is 0. The van der Waals surface area contributed by atoms with Gasteiger partial charge in [0.05, 0.1) is 11.9 Å². The molecule has 0 aliphatic carbocycles. The fraction of sp³-hybridized carbons (Fsp3) is 0.571. The van der Waals surface area contributed by atoms with Crippen molar-refractivity contribution in [1.29, 1.82) is 0 Å². The first kappa shape index (κ1) is 14.5. The Balaban J connectivity index is 1.79. The maximum Gasteiger partial charge on any atom is 0.215 e. The Hall–Kier alpha value is -0.910. The number of hydrogen-bond acceptors (Lipinski definition) is 3. The number of ether oxygens (including phenoxy) is 1. The summed E-state index contributed by atoms with van der Waals surface area (Å²) in [6, 6.07) is 7.57. The number of hydrogen-bond donors (Lipinski definition) is 1. The maximum atomic E-state index is 11.9. The van der Waals surface area contributed by atoms with Crippen LogP contribution < -0.4 is 4.72 Å². The monoisotopic (exact) mass is 283 g/mol. The number of aryl methyl sites for hydroxylation is 1. The van der Waals surface area contributed by atoms with Crippen LogP contribution in [-0.4, -0.2) is 27.7 Å². The third kappa shape index (κ3) is 4.93. The van der Waals surface area contributed by atoms with E-state index in [1.54, 1.807) is 0 Å². The van der Waals surface area contributed by atoms with Crippen LogP contribution >= 0.6 is 0 Å². The van der Waals surface area contributed by atoms with Crippen LogP contribution in [0.2, 0.25) is 0 Å². The van der Waals surface area contributed by atoms with E-state index >= 15 is 0 Å². The molecule has 1 atom stereocenters. The van der Waals surface area contributed by atoms with E-state index in [1.807, 2.05) is 31.2 Å². The number of rotatable bonds is 6. The molecule has 1 heterocycles. The smallest absolute Gasteiger partial charge is 0.215 e. The lowest BCUT2D eigenvalue weighted by Gasteiger charge is -2.10. The van der Waals surface area contributed by atoms with Crippen molar-refractivity contribution >= 4 is 10.0 Å². The summed E-state index contributed by atoms with van der Waals surface area (Å²) in [5.74, 6) is 0.0405. The Morgan fingerprint density at radius 1 is 1.32 bits per heavy atom. The predicted octanol–water partition coefficient (Wildman–Crippen LogP) is 1.98. The van der Waals surface area contributed by atoms with Gasteiger partial charge in [0, 0.05) is 13.2 Å². The van der Waals surface area contributed by atoms with Crippen molar-refractivity contribution in [3.63, 3.8) is 0 Å². The first-order chi connectivity index (χ1) is 9.05. The molecule has 1 aromatic carbocycles. The Bertz CT molecular complexity index is 490. The molecule has 0 aromatic heterocycles. The van der Waals surface area contributed by atoms with Crippen molar-refractivity contribution in [3.05, 3.63) is 35.4 Å². The van der Waals surface area contributed by atoms with Crippen molar-refractivity contribution in [2.45, 2.75) is 38.0 Å². The first-order valence-electron chi connectivity index (χ1n) is 6.70. The molecule has 1 N–H and O–H groups in total. The van der Waals surface area contributed by atoms with Crippen LogP contribution in [0.4, 0.5) is 0 Å². The van der Waals surface area contributed by atoms with Gasteiger partial charge >= 0.3 is 0 Å². The van der Waals surface area contributed by atoms with Crippen LogP contribution in [0.5, 0.6) is 0 Å². The second-order valence-corrected chi connectivity index (χ2v) is 6.87. The SMILES string of the molecule is Cc1ccc(CS(=O)(=O)NCCC2CCCO2)cc1. The van der Waals surface area contributed by atoms with Gasteiger partial charge in [0.1, 0.15) is 0 Å². The number of benzene rings is 1. The number of nitrogens with one attached hydrogen (secondary N) is 1. The quantitative estimate of drug-likeness (QED) is 0.868. The highest BCUT2D eigenvalue weighted by atomic mass is 32.2. The molecule has 4 nitrogen and oxygen atoms in total. The summed E-state index contributed by atoms with van der Waals surface area (Å²) in [5.41, 5.74) is 1.95. The highest BCUT2D eigenvalue weighted by molar-refractivity contribution is 7.88. The fourth-order valence-electron chi connectivity index (χ4n) is 2.20. The molecule has 0 radical (unpaired) electrons. The molecule has 5 heteroatoms. The maximum absolute atomic E-state index is 11.9. The summed E-state index contributed by atoms with van der Waals surface area (Å²) in [4.78, 5) is 0. The van der Waals surface area contributed by atoms with Gasteiger partial charge in [0.25, 0.3) is 0 Å². The third-order valence-electron chi connectivity index (χ3n) is 3.29. The predicted molar refractivity (Wildman–Crippen MR) is 75.4 cm³/mol. The van der Waals surface area contributed by atoms with Gasteiger partial charge in [-0.3, -0.25) is 0 Å². The lowest BCUT2D eigenvalue weighted by atomic mass is 10.2. The molecular weight excluding hydrogens is 262 g/mol. The van der Waals surface area contributed by atoms with Crippen LogP contribution in [0.3, 0.4) is 0 Å². The van der Waals surface area contributed by atoms with Crippen molar-refractivity contribution in [3.8, 4) is 0 Å². The second-order valence-electron chi connectivity index (χ2n) is 5.06. The van der Waals surface area contributed by atoms with Crippen molar-refractivity contribution in [2.24, 2.45) is 0 Å². The Labute approximate surface area is 115 Å². The summed E-state index contributed by atoms with van der Waals surface area (Å²) < 4.78 is 31.9. The Morgan fingerprint density at radius 2 is 2.05 bits per heavy atom. The van der Waals surface area contributed by atoms with Crippen LogP contribution in [0.25, 0.3) is 0 Å². The Kier molecular flexibility index (Phi) is 4.96. The molecule has 1 unspecified atom stereocenters. The lowest BCUT2D eigenvalue weighted by molar-refractivity contribution is 0.105. The highest BCUT2D eigenvalue weighted by Crippen LogP contribution is 2.14. The largest absolute Gasteiger partial charge is 0.378 e. The van der Waals surface area contributed by atoms with E-state index in [0.29, 0.717) is 6.54 Å². The van der Waals surface area contributed by atoms with Gasteiger partial charge in [-0.05, 0) is 31.7 Å². The van der Waals surface area contributed by atoms with E-state index in [9.17, 15) is 8.42 Å². The van der Waals surface area contributed by atoms with Crippen LogP contribution in [-0.2, 0) is 20.5 Å². The summed E-state index contributed by atoms with van der Waals surface area (Å²) in [6.45, 7) is 3.25. The molecule has 1 aliphatic rings. The third-order valence-corrected chi connectivity index (χ3v) is 4.65. The molecule has 0 bridgehead atoms. The average molecular weight is 283 g/mol. The van der Waals surface area contributed by atoms with Gasteiger partial charge in [-0.2, -0.15) is 0 Å². The molecule has 1 saturated heterocycles. The van der Waals surface area contributed by atoms with Crippen LogP contribution in [0.1, 0.15) is 30.4 Å². The van der Waals surface area contributed by atoms with Gasteiger partial charge in [-0.15, -0.1) is 0 Å². The van der Waals surface area contributed by atoms with Crippen LogP contribution in [0, 0.1) is 6.92 Å². The van der Waals surface area contributed by atoms with Gasteiger partial charge in [0.2, 0.25) is 10.0 Å². The molecule has 106 valence electrons. The van der Waals surface area contributed by atoms with E-state index in [2.05, 4.69) is 4.72 Å². The molecule has 0 saturated carbocycles. The van der Waals surface area contributed by atoms with Gasteiger partial charge in [0.15, 0.2) is 0 Å². The van der Waals surface area contributed by atoms with Crippen molar-refractivity contribution in [1.82, 2.24) is 4.72 Å². The van der Waals surface area contributed by atoms with Crippen molar-refractivity contribution < 1.29 is 13.2 Å². The zero-order valence-corrected chi connectivity index (χ0v) is 12.1. The minimum atomic E-state index is -3.24. The Morgan fingerprint density at radius 3 is 2.68 bits per heavy atom. The van der Waals surface area contributed by atoms with E-state index in [4.69, 9.17) is 4.74 Å². The minimum absolute atomic E-state index is 0.0405. The molecule has 1 aliphatic heterocycles. The molecule has 1 fully saturated rings. The van der Waals surface area contributed by atoms with Crippen molar-refractivity contribution in [2.75, 3.05) is 13.2 Å². The van der Waals surface area contributed by atoms with E-state index in [-0.39, 0.29) is 11.9 Å². The molecule has 1 aromatic rings. The zero-order chi connectivity index (χ0) is 13.7. The highest BCUT2D eigenvalue weighted by Gasteiger charge is 2.17. The second kappa shape index (κ2) is 6.50. The topological polar surface area (TPSA) is 55.4 Å².